The van der Waals surface area contributed by atoms with E-state index < -0.39 is 0 Å². The maximum absolute atomic E-state index is 12.6. The molecule has 1 aliphatic rings. The molecule has 0 aromatic heterocycles. The first kappa shape index (κ1) is 11.2. The highest BCUT2D eigenvalue weighted by Crippen LogP contribution is 2.28. The van der Waals surface area contributed by atoms with Gasteiger partial charge in [0, 0.05) is 17.2 Å². The van der Waals surface area contributed by atoms with E-state index >= 15 is 0 Å². The molecule has 2 aromatic carbocycles. The Morgan fingerprint density at radius 3 is 2.44 bits per heavy atom. The third-order valence-electron chi connectivity index (χ3n) is 3.59. The van der Waals surface area contributed by atoms with Crippen LogP contribution in [0.1, 0.15) is 39.5 Å². The summed E-state index contributed by atoms with van der Waals surface area (Å²) in [4.78, 5) is 12.6. The van der Waals surface area contributed by atoms with Crippen molar-refractivity contribution >= 4 is 5.78 Å². The number of benzene rings is 2. The number of rotatable bonds is 0. The van der Waals surface area contributed by atoms with Gasteiger partial charge in [0.15, 0.2) is 5.78 Å². The van der Waals surface area contributed by atoms with Crippen LogP contribution in [0.2, 0.25) is 0 Å². The summed E-state index contributed by atoms with van der Waals surface area (Å²) in [5.41, 5.74) is 9.82. The Hall–Kier alpha value is -1.93. The van der Waals surface area contributed by atoms with Crippen LogP contribution in [0.25, 0.3) is 0 Å². The van der Waals surface area contributed by atoms with Crippen LogP contribution in [0.4, 0.5) is 0 Å². The molecule has 0 fully saturated rings. The number of hydrogen-bond donors (Lipinski definition) is 1. The van der Waals surface area contributed by atoms with Crippen molar-refractivity contribution in [1.82, 2.24) is 0 Å². The largest absolute Gasteiger partial charge is 0.324 e. The Kier molecular flexibility index (Phi) is 2.73. The molecule has 0 aliphatic heterocycles. The van der Waals surface area contributed by atoms with Crippen LogP contribution < -0.4 is 5.73 Å². The van der Waals surface area contributed by atoms with Crippen LogP contribution in [0.3, 0.4) is 0 Å². The predicted molar refractivity (Wildman–Crippen MR) is 71.6 cm³/mol. The van der Waals surface area contributed by atoms with Gasteiger partial charge in [0.05, 0.1) is 0 Å². The van der Waals surface area contributed by atoms with Gasteiger partial charge in [-0.1, -0.05) is 48.5 Å². The van der Waals surface area contributed by atoms with Crippen molar-refractivity contribution in [1.29, 1.82) is 0 Å². The molecular formula is C16H15NO. The second kappa shape index (κ2) is 4.39. The highest BCUT2D eigenvalue weighted by atomic mass is 16.1. The summed E-state index contributed by atoms with van der Waals surface area (Å²) in [6.07, 6.45) is 1.73. The molecule has 3 rings (SSSR count). The number of hydrogen-bond acceptors (Lipinski definition) is 2. The molecule has 2 heteroatoms. The molecule has 0 amide bonds. The summed E-state index contributed by atoms with van der Waals surface area (Å²) in [6, 6.07) is 15.4. The Balaban J connectivity index is 2.21. The van der Waals surface area contributed by atoms with E-state index in [-0.39, 0.29) is 11.8 Å². The molecule has 0 saturated carbocycles. The molecule has 2 N–H and O–H groups in total. The fourth-order valence-corrected chi connectivity index (χ4v) is 2.60. The van der Waals surface area contributed by atoms with E-state index in [0.717, 1.165) is 35.1 Å². The summed E-state index contributed by atoms with van der Waals surface area (Å²) in [5.74, 6) is 0.0938. The SMILES string of the molecule is NC1CCc2ccccc2C(=O)c2ccccc21. The van der Waals surface area contributed by atoms with Gasteiger partial charge >= 0.3 is 0 Å². The molecule has 0 radical (unpaired) electrons. The highest BCUT2D eigenvalue weighted by molar-refractivity contribution is 6.11. The first-order valence-electron chi connectivity index (χ1n) is 6.24. The van der Waals surface area contributed by atoms with Crippen molar-refractivity contribution in [3.63, 3.8) is 0 Å². The minimum atomic E-state index is -0.0569. The standard InChI is InChI=1S/C16H15NO/c17-15-10-9-11-5-1-2-6-12(11)16(18)14-8-4-3-7-13(14)15/h1-8,15H,9-10,17H2. The van der Waals surface area contributed by atoms with Crippen LogP contribution in [0.15, 0.2) is 48.5 Å². The monoisotopic (exact) mass is 237 g/mol. The third kappa shape index (κ3) is 1.75. The summed E-state index contributed by atoms with van der Waals surface area (Å²) in [6.45, 7) is 0. The molecule has 0 saturated heterocycles. The smallest absolute Gasteiger partial charge is 0.193 e. The van der Waals surface area contributed by atoms with E-state index in [2.05, 4.69) is 0 Å². The first-order valence-corrected chi connectivity index (χ1v) is 6.24. The van der Waals surface area contributed by atoms with E-state index in [1.165, 1.54) is 0 Å². The predicted octanol–water partition coefficient (Wildman–Crippen LogP) is 2.86. The molecule has 18 heavy (non-hydrogen) atoms. The molecule has 0 bridgehead atoms. The van der Waals surface area contributed by atoms with Crippen molar-refractivity contribution in [2.75, 3.05) is 0 Å². The average Bonchev–Trinajstić information content (AvgIpc) is 2.43. The molecule has 1 atom stereocenters. The number of carbonyl (C=O) groups excluding carboxylic acids is 1. The van der Waals surface area contributed by atoms with Crippen molar-refractivity contribution in [2.24, 2.45) is 5.73 Å². The quantitative estimate of drug-likeness (QED) is 0.765. The molecule has 2 nitrogen and oxygen atoms in total. The zero-order chi connectivity index (χ0) is 12.5. The fraction of sp³-hybridized carbons (Fsp3) is 0.188. The van der Waals surface area contributed by atoms with Crippen LogP contribution in [0, 0.1) is 0 Å². The number of fused-ring (bicyclic) bond motifs is 2. The Bertz CT molecular complexity index is 604. The van der Waals surface area contributed by atoms with E-state index in [4.69, 9.17) is 5.73 Å². The minimum Gasteiger partial charge on any atom is -0.324 e. The Morgan fingerprint density at radius 1 is 0.944 bits per heavy atom. The Morgan fingerprint density at radius 2 is 1.61 bits per heavy atom. The lowest BCUT2D eigenvalue weighted by molar-refractivity contribution is 0.103. The average molecular weight is 237 g/mol. The van der Waals surface area contributed by atoms with Crippen molar-refractivity contribution in [3.8, 4) is 0 Å². The van der Waals surface area contributed by atoms with Gasteiger partial charge in [0.25, 0.3) is 0 Å². The van der Waals surface area contributed by atoms with Gasteiger partial charge in [-0.15, -0.1) is 0 Å². The number of ketones is 1. The second-order valence-electron chi connectivity index (χ2n) is 4.72. The lowest BCUT2D eigenvalue weighted by Gasteiger charge is -2.20. The number of carbonyl (C=O) groups is 1. The fourth-order valence-electron chi connectivity index (χ4n) is 2.60. The third-order valence-corrected chi connectivity index (χ3v) is 3.59. The van der Waals surface area contributed by atoms with Crippen LogP contribution >= 0.6 is 0 Å². The minimum absolute atomic E-state index is 0.0569. The van der Waals surface area contributed by atoms with E-state index in [0.29, 0.717) is 0 Å². The van der Waals surface area contributed by atoms with Gasteiger partial charge in [-0.2, -0.15) is 0 Å². The Labute approximate surface area is 106 Å². The van der Waals surface area contributed by atoms with Gasteiger partial charge < -0.3 is 5.73 Å². The molecule has 0 heterocycles. The zero-order valence-electron chi connectivity index (χ0n) is 10.1. The summed E-state index contributed by atoms with van der Waals surface area (Å²) < 4.78 is 0. The molecule has 90 valence electrons. The number of nitrogens with two attached hydrogens (primary N) is 1. The van der Waals surface area contributed by atoms with E-state index in [1.54, 1.807) is 0 Å². The summed E-state index contributed by atoms with van der Waals surface area (Å²) in [7, 11) is 0. The van der Waals surface area contributed by atoms with Gasteiger partial charge in [-0.3, -0.25) is 4.79 Å². The molecular weight excluding hydrogens is 222 g/mol. The van der Waals surface area contributed by atoms with Gasteiger partial charge in [0.1, 0.15) is 0 Å². The van der Waals surface area contributed by atoms with Crippen LogP contribution in [0.5, 0.6) is 0 Å². The van der Waals surface area contributed by atoms with E-state index in [1.807, 2.05) is 48.5 Å². The van der Waals surface area contributed by atoms with Gasteiger partial charge in [0.2, 0.25) is 0 Å². The molecule has 2 aromatic rings. The maximum atomic E-state index is 12.6. The van der Waals surface area contributed by atoms with Gasteiger partial charge in [-0.25, -0.2) is 0 Å². The molecule has 1 unspecified atom stereocenters. The normalized spacial score (nSPS) is 18.5. The van der Waals surface area contributed by atoms with Crippen molar-refractivity contribution < 1.29 is 4.79 Å². The maximum Gasteiger partial charge on any atom is 0.193 e. The molecule has 0 spiro atoms. The van der Waals surface area contributed by atoms with Crippen molar-refractivity contribution in [2.45, 2.75) is 18.9 Å². The topological polar surface area (TPSA) is 43.1 Å². The highest BCUT2D eigenvalue weighted by Gasteiger charge is 2.22. The van der Waals surface area contributed by atoms with Crippen LogP contribution in [-0.4, -0.2) is 5.78 Å². The first-order chi connectivity index (χ1) is 8.77. The van der Waals surface area contributed by atoms with Crippen LogP contribution in [-0.2, 0) is 6.42 Å². The zero-order valence-corrected chi connectivity index (χ0v) is 10.1. The summed E-state index contributed by atoms with van der Waals surface area (Å²) >= 11 is 0. The molecule has 1 aliphatic carbocycles. The lowest BCUT2D eigenvalue weighted by atomic mass is 9.86. The number of aryl methyl sites for hydroxylation is 1. The second-order valence-corrected chi connectivity index (χ2v) is 4.72. The van der Waals surface area contributed by atoms with Gasteiger partial charge in [-0.05, 0) is 24.0 Å². The lowest BCUT2D eigenvalue weighted by Crippen LogP contribution is -2.20. The van der Waals surface area contributed by atoms with Crippen molar-refractivity contribution in [3.05, 3.63) is 70.8 Å². The summed E-state index contributed by atoms with van der Waals surface area (Å²) in [5, 5.41) is 0. The van der Waals surface area contributed by atoms with E-state index in [9.17, 15) is 4.79 Å².